The summed E-state index contributed by atoms with van der Waals surface area (Å²) in [4.78, 5) is 35.8. The summed E-state index contributed by atoms with van der Waals surface area (Å²) in [6, 6.07) is 20.1. The molecular formula is C32H34Cl2N4O4. The fraction of sp³-hybridized carbons (Fsp3) is 0.344. The van der Waals surface area contributed by atoms with Gasteiger partial charge in [-0.1, -0.05) is 47.5 Å². The second kappa shape index (κ2) is 11.5. The van der Waals surface area contributed by atoms with E-state index in [1.165, 1.54) is 0 Å². The number of benzene rings is 3. The number of ether oxygens (including phenoxy) is 2. The molecule has 2 aliphatic rings. The van der Waals surface area contributed by atoms with Crippen molar-refractivity contribution in [2.24, 2.45) is 4.99 Å². The Morgan fingerprint density at radius 2 is 1.60 bits per heavy atom. The van der Waals surface area contributed by atoms with Crippen molar-refractivity contribution in [2.45, 2.75) is 44.9 Å². The highest BCUT2D eigenvalue weighted by Crippen LogP contribution is 2.54. The van der Waals surface area contributed by atoms with Crippen LogP contribution in [0.15, 0.2) is 71.7 Å². The molecule has 0 radical (unpaired) electrons. The number of carbonyl (C=O) groups is 2. The molecule has 2 aliphatic heterocycles. The molecule has 0 aromatic heterocycles. The first-order valence-electron chi connectivity index (χ1n) is 13.8. The van der Waals surface area contributed by atoms with E-state index in [1.807, 2.05) is 76.2 Å². The summed E-state index contributed by atoms with van der Waals surface area (Å²) < 4.78 is 11.8. The van der Waals surface area contributed by atoms with E-state index in [9.17, 15) is 9.59 Å². The van der Waals surface area contributed by atoms with Gasteiger partial charge in [0.2, 0.25) is 5.91 Å². The third-order valence-corrected chi connectivity index (χ3v) is 8.55. The van der Waals surface area contributed by atoms with E-state index in [-0.39, 0.29) is 24.6 Å². The summed E-state index contributed by atoms with van der Waals surface area (Å²) >= 11 is 12.6. The predicted molar refractivity (Wildman–Crippen MR) is 165 cm³/mol. The van der Waals surface area contributed by atoms with Crippen LogP contribution in [0.5, 0.6) is 11.5 Å². The summed E-state index contributed by atoms with van der Waals surface area (Å²) in [5.74, 6) is 1.34. The van der Waals surface area contributed by atoms with E-state index >= 15 is 0 Å². The van der Waals surface area contributed by atoms with Gasteiger partial charge in [0.15, 0.2) is 0 Å². The molecule has 2 unspecified atom stereocenters. The summed E-state index contributed by atoms with van der Waals surface area (Å²) in [5.41, 5.74) is 0.230. The van der Waals surface area contributed by atoms with Crippen molar-refractivity contribution in [3.63, 3.8) is 0 Å². The maximum Gasteiger partial charge on any atom is 0.327 e. The molecule has 8 nitrogen and oxygen atoms in total. The number of carbonyl (C=O) groups excluding carboxylic acids is 2. The number of urea groups is 1. The number of hydrogen-bond acceptors (Lipinski definition) is 5. The van der Waals surface area contributed by atoms with Gasteiger partial charge in [-0.2, -0.15) is 0 Å². The van der Waals surface area contributed by atoms with Crippen LogP contribution in [0.1, 0.15) is 44.4 Å². The normalized spacial score (nSPS) is 22.2. The second-order valence-corrected chi connectivity index (χ2v) is 11.9. The SMILES string of the molecule is COc1ccc(C2=NC(C)(c3ccc(Cl)cc3)C(C)(c3ccc(Cl)cc3)N2C(=O)N2CCNC(=O)C2)c(OC(C)C)c1. The lowest BCUT2D eigenvalue weighted by atomic mass is 9.71. The van der Waals surface area contributed by atoms with Gasteiger partial charge in [-0.15, -0.1) is 0 Å². The number of methoxy groups -OCH3 is 1. The fourth-order valence-corrected chi connectivity index (χ4v) is 5.93. The summed E-state index contributed by atoms with van der Waals surface area (Å²) in [6.07, 6.45) is -0.155. The van der Waals surface area contributed by atoms with Gasteiger partial charge in [0.05, 0.1) is 18.8 Å². The third-order valence-electron chi connectivity index (χ3n) is 8.04. The van der Waals surface area contributed by atoms with E-state index in [0.717, 1.165) is 11.1 Å². The van der Waals surface area contributed by atoms with Crippen LogP contribution in [-0.2, 0) is 15.9 Å². The molecule has 3 aromatic rings. The highest BCUT2D eigenvalue weighted by molar-refractivity contribution is 6.30. The van der Waals surface area contributed by atoms with Crippen LogP contribution >= 0.6 is 23.2 Å². The molecule has 42 heavy (non-hydrogen) atoms. The second-order valence-electron chi connectivity index (χ2n) is 11.0. The number of nitrogens with one attached hydrogen (secondary N) is 1. The molecule has 3 aromatic carbocycles. The van der Waals surface area contributed by atoms with E-state index in [4.69, 9.17) is 37.7 Å². The summed E-state index contributed by atoms with van der Waals surface area (Å²) in [6.45, 7) is 8.54. The molecule has 1 saturated heterocycles. The maximum absolute atomic E-state index is 14.7. The van der Waals surface area contributed by atoms with E-state index in [1.54, 1.807) is 35.1 Å². The third kappa shape index (κ3) is 5.18. The average molecular weight is 610 g/mol. The topological polar surface area (TPSA) is 83.5 Å². The van der Waals surface area contributed by atoms with Gasteiger partial charge in [-0.3, -0.25) is 14.7 Å². The molecule has 0 spiro atoms. The lowest BCUT2D eigenvalue weighted by Gasteiger charge is -2.47. The highest BCUT2D eigenvalue weighted by Gasteiger charge is 2.60. The van der Waals surface area contributed by atoms with E-state index in [2.05, 4.69) is 5.32 Å². The summed E-state index contributed by atoms with van der Waals surface area (Å²) in [7, 11) is 1.59. The number of halogens is 2. The van der Waals surface area contributed by atoms with Crippen molar-refractivity contribution in [2.75, 3.05) is 26.7 Å². The molecule has 3 amide bonds. The zero-order chi connectivity index (χ0) is 30.2. The van der Waals surface area contributed by atoms with Crippen LogP contribution in [-0.4, -0.2) is 60.4 Å². The quantitative estimate of drug-likeness (QED) is 0.359. The van der Waals surface area contributed by atoms with Gasteiger partial charge < -0.3 is 19.7 Å². The first-order valence-corrected chi connectivity index (χ1v) is 14.6. The molecule has 5 rings (SSSR count). The first kappa shape index (κ1) is 29.7. The van der Waals surface area contributed by atoms with Crippen LogP contribution in [0, 0.1) is 0 Å². The number of piperazine rings is 1. The monoisotopic (exact) mass is 608 g/mol. The number of nitrogens with zero attached hydrogens (tertiary/aromatic N) is 3. The van der Waals surface area contributed by atoms with Gasteiger partial charge in [-0.25, -0.2) is 4.79 Å². The van der Waals surface area contributed by atoms with Crippen molar-refractivity contribution in [1.82, 2.24) is 15.1 Å². The zero-order valence-corrected chi connectivity index (χ0v) is 25.8. The Morgan fingerprint density at radius 1 is 0.976 bits per heavy atom. The minimum absolute atomic E-state index is 0.0606. The molecule has 1 N–H and O–H groups in total. The van der Waals surface area contributed by atoms with E-state index < -0.39 is 11.1 Å². The van der Waals surface area contributed by atoms with Gasteiger partial charge in [-0.05, 0) is 75.2 Å². The average Bonchev–Trinajstić information content (AvgIpc) is 3.21. The van der Waals surface area contributed by atoms with Crippen molar-refractivity contribution < 1.29 is 19.1 Å². The molecule has 0 saturated carbocycles. The number of amides is 3. The van der Waals surface area contributed by atoms with Gasteiger partial charge in [0.1, 0.15) is 35.0 Å². The van der Waals surface area contributed by atoms with Crippen molar-refractivity contribution in [3.05, 3.63) is 93.5 Å². The molecule has 2 heterocycles. The Hall–Kier alpha value is -3.75. The molecule has 220 valence electrons. The first-order chi connectivity index (χ1) is 20.0. The zero-order valence-electron chi connectivity index (χ0n) is 24.3. The van der Waals surface area contributed by atoms with Crippen molar-refractivity contribution >= 4 is 41.0 Å². The van der Waals surface area contributed by atoms with Crippen LogP contribution < -0.4 is 14.8 Å². The Bertz CT molecular complexity index is 1530. The number of rotatable bonds is 6. The van der Waals surface area contributed by atoms with Gasteiger partial charge in [0, 0.05) is 29.2 Å². The fourth-order valence-electron chi connectivity index (χ4n) is 5.68. The van der Waals surface area contributed by atoms with Crippen molar-refractivity contribution in [1.29, 1.82) is 0 Å². The Morgan fingerprint density at radius 3 is 2.17 bits per heavy atom. The van der Waals surface area contributed by atoms with Gasteiger partial charge in [0.25, 0.3) is 0 Å². The Labute approximate surface area is 256 Å². The highest BCUT2D eigenvalue weighted by atomic mass is 35.5. The van der Waals surface area contributed by atoms with E-state index in [0.29, 0.717) is 46.0 Å². The maximum atomic E-state index is 14.7. The predicted octanol–water partition coefficient (Wildman–Crippen LogP) is 6.23. The molecule has 2 atom stereocenters. The lowest BCUT2D eigenvalue weighted by Crippen LogP contribution is -2.61. The molecule has 0 bridgehead atoms. The summed E-state index contributed by atoms with van der Waals surface area (Å²) in [5, 5.41) is 3.97. The molecular weight excluding hydrogens is 575 g/mol. The largest absolute Gasteiger partial charge is 0.497 e. The minimum Gasteiger partial charge on any atom is -0.497 e. The number of hydrogen-bond donors (Lipinski definition) is 1. The van der Waals surface area contributed by atoms with Crippen LogP contribution in [0.25, 0.3) is 0 Å². The molecule has 0 aliphatic carbocycles. The van der Waals surface area contributed by atoms with Crippen LogP contribution in [0.4, 0.5) is 4.79 Å². The van der Waals surface area contributed by atoms with Crippen LogP contribution in [0.3, 0.4) is 0 Å². The smallest absolute Gasteiger partial charge is 0.327 e. The minimum atomic E-state index is -1.07. The molecule has 10 heteroatoms. The number of amidine groups is 1. The van der Waals surface area contributed by atoms with Gasteiger partial charge >= 0.3 is 6.03 Å². The lowest BCUT2D eigenvalue weighted by molar-refractivity contribution is -0.123. The standard InChI is InChI=1S/C32H34Cl2N4O4/c1-20(2)42-27-18-25(41-5)14-15-26(27)29-36-31(3,21-6-10-23(33)11-7-21)32(4,22-8-12-24(34)13-9-22)38(29)30(40)37-17-16-35-28(39)19-37/h6-15,18,20H,16-17,19H2,1-5H3,(H,35,39). The Balaban J connectivity index is 1.81. The molecule has 1 fully saturated rings. The number of aliphatic imine (C=N–C) groups is 1. The Kier molecular flexibility index (Phi) is 8.14. The van der Waals surface area contributed by atoms with Crippen molar-refractivity contribution in [3.8, 4) is 11.5 Å². The van der Waals surface area contributed by atoms with Crippen LogP contribution in [0.2, 0.25) is 10.0 Å².